The van der Waals surface area contributed by atoms with Crippen molar-refractivity contribution in [3.63, 3.8) is 0 Å². The third-order valence-electron chi connectivity index (χ3n) is 4.25. The number of carbonyl (C=O) groups excluding carboxylic acids is 2. The fraction of sp³-hybridized carbons (Fsp3) is 0.333. The van der Waals surface area contributed by atoms with E-state index in [9.17, 15) is 18.0 Å². The average molecular weight is 408 g/mol. The molecule has 2 aromatic rings. The van der Waals surface area contributed by atoms with Crippen LogP contribution >= 0.6 is 11.3 Å². The molecular formula is C18H21N3O4S2. The van der Waals surface area contributed by atoms with Gasteiger partial charge in [-0.1, -0.05) is 6.42 Å². The van der Waals surface area contributed by atoms with Crippen molar-refractivity contribution in [3.05, 3.63) is 45.6 Å². The molecule has 0 unspecified atom stereocenters. The summed E-state index contributed by atoms with van der Waals surface area (Å²) in [5.74, 6) is -0.711. The summed E-state index contributed by atoms with van der Waals surface area (Å²) in [5.41, 5.74) is 3.96. The number of hydrogen-bond donors (Lipinski definition) is 3. The van der Waals surface area contributed by atoms with Crippen molar-refractivity contribution in [1.82, 2.24) is 10.3 Å². The Kier molecular flexibility index (Phi) is 5.93. The number of thiophene rings is 1. The summed E-state index contributed by atoms with van der Waals surface area (Å²) in [5, 5.41) is 2.56. The predicted molar refractivity (Wildman–Crippen MR) is 104 cm³/mol. The highest BCUT2D eigenvalue weighted by atomic mass is 32.2. The first kappa shape index (κ1) is 19.5. The summed E-state index contributed by atoms with van der Waals surface area (Å²) in [6, 6.07) is 7.53. The van der Waals surface area contributed by atoms with E-state index in [4.69, 9.17) is 0 Å². The molecule has 1 aliphatic rings. The Morgan fingerprint density at radius 3 is 2.44 bits per heavy atom. The highest BCUT2D eigenvalue weighted by molar-refractivity contribution is 7.89. The van der Waals surface area contributed by atoms with Gasteiger partial charge in [-0.15, -0.1) is 16.2 Å². The number of hydrazine groups is 1. The van der Waals surface area contributed by atoms with Gasteiger partial charge in [-0.2, -0.15) is 0 Å². The molecule has 0 atom stereocenters. The van der Waals surface area contributed by atoms with Crippen molar-refractivity contribution in [2.45, 2.75) is 43.9 Å². The first-order valence-electron chi connectivity index (χ1n) is 8.66. The maximum atomic E-state index is 12.3. The van der Waals surface area contributed by atoms with Gasteiger partial charge in [0.15, 0.2) is 0 Å². The fourth-order valence-corrected chi connectivity index (χ4v) is 4.92. The molecule has 0 bridgehead atoms. The minimum Gasteiger partial charge on any atom is -0.326 e. The molecule has 0 aliphatic heterocycles. The standard InChI is InChI=1S/C18H21N3O4S2/c1-12(22)19-14-7-9-15(10-8-14)27(24,25)21-20-18(23)17-11-13-5-3-2-4-6-16(13)26-17/h7-11,21H,2-6H2,1H3,(H,19,22)(H,20,23). The van der Waals surface area contributed by atoms with Crippen LogP contribution in [0.25, 0.3) is 0 Å². The van der Waals surface area contributed by atoms with Gasteiger partial charge >= 0.3 is 0 Å². The van der Waals surface area contributed by atoms with Crippen LogP contribution in [0.2, 0.25) is 0 Å². The van der Waals surface area contributed by atoms with Crippen LogP contribution in [-0.4, -0.2) is 20.2 Å². The van der Waals surface area contributed by atoms with Crippen LogP contribution in [0.1, 0.15) is 46.3 Å². The zero-order valence-electron chi connectivity index (χ0n) is 14.9. The molecule has 27 heavy (non-hydrogen) atoms. The molecule has 1 heterocycles. The smallest absolute Gasteiger partial charge is 0.276 e. The largest absolute Gasteiger partial charge is 0.326 e. The minimum absolute atomic E-state index is 0.0149. The summed E-state index contributed by atoms with van der Waals surface area (Å²) >= 11 is 1.42. The Morgan fingerprint density at radius 2 is 1.74 bits per heavy atom. The second-order valence-electron chi connectivity index (χ2n) is 6.38. The van der Waals surface area contributed by atoms with Crippen LogP contribution < -0.4 is 15.6 Å². The molecule has 3 N–H and O–H groups in total. The Morgan fingerprint density at radius 1 is 1.04 bits per heavy atom. The topological polar surface area (TPSA) is 104 Å². The molecule has 0 spiro atoms. The lowest BCUT2D eigenvalue weighted by Gasteiger charge is -2.08. The molecule has 3 rings (SSSR count). The van der Waals surface area contributed by atoms with E-state index in [2.05, 4.69) is 15.6 Å². The van der Waals surface area contributed by atoms with E-state index in [-0.39, 0.29) is 10.8 Å². The predicted octanol–water partition coefficient (Wildman–Crippen LogP) is 2.60. The van der Waals surface area contributed by atoms with Crippen LogP contribution in [0.5, 0.6) is 0 Å². The van der Waals surface area contributed by atoms with Crippen molar-refractivity contribution in [2.24, 2.45) is 0 Å². The lowest BCUT2D eigenvalue weighted by molar-refractivity contribution is -0.114. The van der Waals surface area contributed by atoms with Crippen LogP contribution in [-0.2, 0) is 27.7 Å². The molecule has 9 heteroatoms. The molecule has 0 saturated heterocycles. The van der Waals surface area contributed by atoms with Gasteiger partial charge in [0.05, 0.1) is 9.77 Å². The van der Waals surface area contributed by atoms with Crippen LogP contribution in [0.4, 0.5) is 5.69 Å². The third-order valence-corrected chi connectivity index (χ3v) is 6.75. The number of aryl methyl sites for hydroxylation is 2. The van der Waals surface area contributed by atoms with Crippen molar-refractivity contribution in [2.75, 3.05) is 5.32 Å². The maximum absolute atomic E-state index is 12.3. The Labute approximate surface area is 162 Å². The van der Waals surface area contributed by atoms with E-state index in [0.29, 0.717) is 10.6 Å². The van der Waals surface area contributed by atoms with Crippen molar-refractivity contribution in [1.29, 1.82) is 0 Å². The first-order chi connectivity index (χ1) is 12.8. The molecule has 2 amide bonds. The molecular weight excluding hydrogens is 386 g/mol. The van der Waals surface area contributed by atoms with Gasteiger partial charge in [0.25, 0.3) is 15.9 Å². The molecule has 1 aromatic carbocycles. The lowest BCUT2D eigenvalue weighted by Crippen LogP contribution is -2.41. The van der Waals surface area contributed by atoms with E-state index in [1.54, 1.807) is 0 Å². The normalized spacial score (nSPS) is 14.1. The zero-order chi connectivity index (χ0) is 19.4. The van der Waals surface area contributed by atoms with Gasteiger partial charge in [-0.25, -0.2) is 8.42 Å². The number of nitrogens with one attached hydrogen (secondary N) is 3. The second-order valence-corrected chi connectivity index (χ2v) is 9.20. The van der Waals surface area contributed by atoms with Crippen molar-refractivity contribution < 1.29 is 18.0 Å². The molecule has 1 aliphatic carbocycles. The Balaban J connectivity index is 1.64. The third kappa shape index (κ3) is 4.94. The van der Waals surface area contributed by atoms with Crippen LogP contribution in [0.3, 0.4) is 0 Å². The summed E-state index contributed by atoms with van der Waals surface area (Å²) in [7, 11) is -3.91. The second kappa shape index (κ2) is 8.20. The van der Waals surface area contributed by atoms with E-state index in [1.165, 1.54) is 59.4 Å². The van der Waals surface area contributed by atoms with Crippen LogP contribution in [0, 0.1) is 0 Å². The number of rotatable bonds is 5. The number of anilines is 1. The SMILES string of the molecule is CC(=O)Nc1ccc(S(=O)(=O)NNC(=O)c2cc3c(s2)CCCCC3)cc1. The van der Waals surface area contributed by atoms with Gasteiger partial charge < -0.3 is 5.32 Å². The number of sulfonamides is 1. The van der Waals surface area contributed by atoms with Gasteiger partial charge in [-0.05, 0) is 61.6 Å². The number of hydrogen-bond acceptors (Lipinski definition) is 5. The molecule has 0 saturated carbocycles. The monoisotopic (exact) mass is 407 g/mol. The summed E-state index contributed by atoms with van der Waals surface area (Å²) in [6.45, 7) is 1.37. The highest BCUT2D eigenvalue weighted by Gasteiger charge is 2.19. The molecule has 0 radical (unpaired) electrons. The zero-order valence-corrected chi connectivity index (χ0v) is 16.5. The Bertz CT molecular complexity index is 926. The molecule has 144 valence electrons. The molecule has 0 fully saturated rings. The lowest BCUT2D eigenvalue weighted by atomic mass is 10.1. The number of fused-ring (bicyclic) bond motifs is 1. The quantitative estimate of drug-likeness (QED) is 0.523. The van der Waals surface area contributed by atoms with E-state index in [1.807, 2.05) is 6.07 Å². The van der Waals surface area contributed by atoms with Gasteiger partial charge in [0.2, 0.25) is 5.91 Å². The fourth-order valence-electron chi connectivity index (χ4n) is 2.93. The Hall–Kier alpha value is -2.23. The highest BCUT2D eigenvalue weighted by Crippen LogP contribution is 2.28. The maximum Gasteiger partial charge on any atom is 0.276 e. The van der Waals surface area contributed by atoms with Crippen molar-refractivity contribution >= 4 is 38.9 Å². The van der Waals surface area contributed by atoms with E-state index < -0.39 is 15.9 Å². The van der Waals surface area contributed by atoms with Crippen molar-refractivity contribution in [3.8, 4) is 0 Å². The summed E-state index contributed by atoms with van der Waals surface area (Å²) in [4.78, 5) is 27.2. The number of benzene rings is 1. The minimum atomic E-state index is -3.91. The van der Waals surface area contributed by atoms with Gasteiger partial charge in [-0.3, -0.25) is 15.0 Å². The average Bonchev–Trinajstić information content (AvgIpc) is 2.90. The number of carbonyl (C=O) groups is 2. The number of amides is 2. The molecule has 7 nitrogen and oxygen atoms in total. The van der Waals surface area contributed by atoms with E-state index in [0.717, 1.165) is 25.7 Å². The van der Waals surface area contributed by atoms with Gasteiger partial charge in [0, 0.05) is 17.5 Å². The van der Waals surface area contributed by atoms with E-state index >= 15 is 0 Å². The van der Waals surface area contributed by atoms with Gasteiger partial charge in [0.1, 0.15) is 0 Å². The first-order valence-corrected chi connectivity index (χ1v) is 11.0. The summed E-state index contributed by atoms with van der Waals surface area (Å²) < 4.78 is 24.7. The summed E-state index contributed by atoms with van der Waals surface area (Å²) in [6.07, 6.45) is 5.37. The molecule has 1 aromatic heterocycles. The van der Waals surface area contributed by atoms with Crippen LogP contribution in [0.15, 0.2) is 35.2 Å².